The van der Waals surface area contributed by atoms with E-state index in [1.807, 2.05) is 36.4 Å². The Labute approximate surface area is 151 Å². The molecule has 0 bridgehead atoms. The van der Waals surface area contributed by atoms with Gasteiger partial charge in [-0.15, -0.1) is 5.10 Å². The fraction of sp³-hybridized carbons (Fsp3) is 0.0556. The van der Waals surface area contributed by atoms with Crippen LogP contribution in [-0.4, -0.2) is 21.7 Å². The number of benzene rings is 2. The molecule has 124 valence electrons. The standard InChI is InChI=1S/C18H12ClN3O2S/c1-24-14-7-5-12(6-8-14)16-20-18-22(21-16)17(23)15(25-18)10-11-3-2-4-13(19)9-11/h2-10H,1H3/b15-10-. The van der Waals surface area contributed by atoms with E-state index >= 15 is 0 Å². The van der Waals surface area contributed by atoms with E-state index in [1.165, 1.54) is 15.9 Å². The van der Waals surface area contributed by atoms with E-state index in [4.69, 9.17) is 16.3 Å². The number of rotatable bonds is 3. The number of ether oxygens (including phenoxy) is 1. The minimum atomic E-state index is -0.188. The van der Waals surface area contributed by atoms with Crippen molar-refractivity contribution in [2.45, 2.75) is 0 Å². The monoisotopic (exact) mass is 369 g/mol. The predicted octanol–water partition coefficient (Wildman–Crippen LogP) is 3.03. The first kappa shape index (κ1) is 15.8. The van der Waals surface area contributed by atoms with Gasteiger partial charge in [0.1, 0.15) is 5.75 Å². The molecule has 2 aromatic carbocycles. The van der Waals surface area contributed by atoms with Gasteiger partial charge in [0, 0.05) is 10.6 Å². The van der Waals surface area contributed by atoms with Crippen LogP contribution in [0, 0.1) is 0 Å². The number of fused-ring (bicyclic) bond motifs is 1. The highest BCUT2D eigenvalue weighted by atomic mass is 35.5. The molecule has 5 nitrogen and oxygen atoms in total. The second-order valence-corrected chi connectivity index (χ2v) is 6.77. The normalized spacial score (nSPS) is 12.0. The Hall–Kier alpha value is -2.70. The van der Waals surface area contributed by atoms with Crippen molar-refractivity contribution in [1.29, 1.82) is 0 Å². The molecule has 0 aliphatic rings. The smallest absolute Gasteiger partial charge is 0.291 e. The lowest BCUT2D eigenvalue weighted by atomic mass is 10.2. The van der Waals surface area contributed by atoms with Gasteiger partial charge < -0.3 is 4.74 Å². The summed E-state index contributed by atoms with van der Waals surface area (Å²) >= 11 is 7.29. The fourth-order valence-electron chi connectivity index (χ4n) is 2.44. The van der Waals surface area contributed by atoms with Crippen LogP contribution in [0.2, 0.25) is 5.02 Å². The number of hydrogen-bond donors (Lipinski definition) is 0. The lowest BCUT2D eigenvalue weighted by Gasteiger charge is -1.99. The summed E-state index contributed by atoms with van der Waals surface area (Å²) in [6.45, 7) is 0. The first-order chi connectivity index (χ1) is 12.1. The summed E-state index contributed by atoms with van der Waals surface area (Å²) in [7, 11) is 1.61. The maximum absolute atomic E-state index is 12.5. The summed E-state index contributed by atoms with van der Waals surface area (Å²) in [5.74, 6) is 1.27. The highest BCUT2D eigenvalue weighted by molar-refractivity contribution is 7.15. The van der Waals surface area contributed by atoms with E-state index < -0.39 is 0 Å². The molecule has 0 radical (unpaired) electrons. The zero-order chi connectivity index (χ0) is 17.4. The Morgan fingerprint density at radius 3 is 2.68 bits per heavy atom. The van der Waals surface area contributed by atoms with Crippen molar-refractivity contribution in [3.63, 3.8) is 0 Å². The van der Waals surface area contributed by atoms with Gasteiger partial charge in [-0.25, -0.2) is 0 Å². The van der Waals surface area contributed by atoms with Crippen molar-refractivity contribution in [3.05, 3.63) is 74.0 Å². The first-order valence-electron chi connectivity index (χ1n) is 7.45. The third-order valence-electron chi connectivity index (χ3n) is 3.68. The van der Waals surface area contributed by atoms with E-state index in [-0.39, 0.29) is 5.56 Å². The van der Waals surface area contributed by atoms with Crippen LogP contribution in [0.3, 0.4) is 0 Å². The summed E-state index contributed by atoms with van der Waals surface area (Å²) in [5.41, 5.74) is 1.51. The zero-order valence-electron chi connectivity index (χ0n) is 13.1. The Balaban J connectivity index is 1.77. The van der Waals surface area contributed by atoms with Crippen molar-refractivity contribution < 1.29 is 4.74 Å². The molecule has 0 N–H and O–H groups in total. The molecule has 0 fully saturated rings. The summed E-state index contributed by atoms with van der Waals surface area (Å²) < 4.78 is 7.04. The van der Waals surface area contributed by atoms with Gasteiger partial charge in [0.05, 0.1) is 11.6 Å². The van der Waals surface area contributed by atoms with Crippen molar-refractivity contribution in [2.24, 2.45) is 0 Å². The SMILES string of the molecule is COc1ccc(-c2nc3s/c(=C\c4cccc(Cl)c4)c(=O)n3n2)cc1. The van der Waals surface area contributed by atoms with Crippen molar-refractivity contribution in [1.82, 2.24) is 14.6 Å². The van der Waals surface area contributed by atoms with Gasteiger partial charge in [0.2, 0.25) is 4.96 Å². The Kier molecular flexibility index (Phi) is 3.99. The maximum atomic E-state index is 12.5. The molecule has 4 rings (SSSR count). The Morgan fingerprint density at radius 1 is 1.20 bits per heavy atom. The summed E-state index contributed by atoms with van der Waals surface area (Å²) in [5, 5.41) is 4.96. The van der Waals surface area contributed by atoms with E-state index in [0.717, 1.165) is 16.9 Å². The van der Waals surface area contributed by atoms with Gasteiger partial charge in [-0.1, -0.05) is 35.1 Å². The molecule has 0 amide bonds. The summed E-state index contributed by atoms with van der Waals surface area (Å²) in [4.78, 5) is 17.6. The highest BCUT2D eigenvalue weighted by Crippen LogP contribution is 2.20. The summed E-state index contributed by atoms with van der Waals surface area (Å²) in [6.07, 6.45) is 1.79. The molecule has 0 saturated carbocycles. The van der Waals surface area contributed by atoms with E-state index in [0.29, 0.717) is 20.3 Å². The number of halogens is 1. The molecule has 25 heavy (non-hydrogen) atoms. The predicted molar refractivity (Wildman–Crippen MR) is 99.4 cm³/mol. The quantitative estimate of drug-likeness (QED) is 0.557. The van der Waals surface area contributed by atoms with Crippen LogP contribution in [0.4, 0.5) is 0 Å². The largest absolute Gasteiger partial charge is 0.497 e. The molecule has 0 saturated heterocycles. The van der Waals surface area contributed by atoms with Gasteiger partial charge in [0.15, 0.2) is 5.82 Å². The van der Waals surface area contributed by atoms with Crippen LogP contribution < -0.4 is 14.8 Å². The van der Waals surface area contributed by atoms with Crippen LogP contribution in [0.15, 0.2) is 53.3 Å². The van der Waals surface area contributed by atoms with Gasteiger partial charge in [-0.05, 0) is 48.0 Å². The molecular weight excluding hydrogens is 358 g/mol. The number of nitrogens with zero attached hydrogens (tertiary/aromatic N) is 3. The van der Waals surface area contributed by atoms with Crippen LogP contribution in [-0.2, 0) is 0 Å². The number of thiazole rings is 1. The lowest BCUT2D eigenvalue weighted by molar-refractivity contribution is 0.415. The molecule has 0 unspecified atom stereocenters. The van der Waals surface area contributed by atoms with Crippen molar-refractivity contribution in [2.75, 3.05) is 7.11 Å². The van der Waals surface area contributed by atoms with Crippen molar-refractivity contribution in [3.8, 4) is 17.1 Å². The highest BCUT2D eigenvalue weighted by Gasteiger charge is 2.12. The van der Waals surface area contributed by atoms with Crippen LogP contribution in [0.25, 0.3) is 22.4 Å². The van der Waals surface area contributed by atoms with Gasteiger partial charge in [-0.3, -0.25) is 4.79 Å². The summed E-state index contributed by atoms with van der Waals surface area (Å²) in [6, 6.07) is 14.7. The molecular formula is C18H12ClN3O2S. The number of methoxy groups -OCH3 is 1. The van der Waals surface area contributed by atoms with E-state index in [9.17, 15) is 4.79 Å². The van der Waals surface area contributed by atoms with E-state index in [2.05, 4.69) is 10.1 Å². The molecule has 4 aromatic rings. The minimum absolute atomic E-state index is 0.188. The van der Waals surface area contributed by atoms with E-state index in [1.54, 1.807) is 25.3 Å². The van der Waals surface area contributed by atoms with Crippen molar-refractivity contribution >= 4 is 34.0 Å². The molecule has 0 aliphatic heterocycles. The number of hydrogen-bond acceptors (Lipinski definition) is 5. The lowest BCUT2D eigenvalue weighted by Crippen LogP contribution is -2.23. The molecule has 2 heterocycles. The fourth-order valence-corrected chi connectivity index (χ4v) is 3.55. The third kappa shape index (κ3) is 3.01. The van der Waals surface area contributed by atoms with Crippen LogP contribution in [0.1, 0.15) is 5.56 Å². The third-order valence-corrected chi connectivity index (χ3v) is 4.87. The molecule has 2 aromatic heterocycles. The second-order valence-electron chi connectivity index (χ2n) is 5.33. The van der Waals surface area contributed by atoms with Gasteiger partial charge >= 0.3 is 0 Å². The minimum Gasteiger partial charge on any atom is -0.497 e. The maximum Gasteiger partial charge on any atom is 0.291 e. The second kappa shape index (κ2) is 6.31. The molecule has 0 aliphatic carbocycles. The Morgan fingerprint density at radius 2 is 2.00 bits per heavy atom. The zero-order valence-corrected chi connectivity index (χ0v) is 14.7. The molecule has 0 atom stereocenters. The van der Waals surface area contributed by atoms with Gasteiger partial charge in [0.25, 0.3) is 5.56 Å². The van der Waals surface area contributed by atoms with Gasteiger partial charge in [-0.2, -0.15) is 9.50 Å². The topological polar surface area (TPSA) is 56.5 Å². The van der Waals surface area contributed by atoms with Crippen LogP contribution in [0.5, 0.6) is 5.75 Å². The Bertz CT molecular complexity index is 1170. The molecule has 7 heteroatoms. The average molecular weight is 370 g/mol. The first-order valence-corrected chi connectivity index (χ1v) is 8.65. The number of aromatic nitrogens is 3. The molecule has 0 spiro atoms. The van der Waals surface area contributed by atoms with Crippen LogP contribution >= 0.6 is 22.9 Å². The average Bonchev–Trinajstić information content (AvgIpc) is 3.15.